The number of hydrogen-bond donors (Lipinski definition) is 1. The minimum absolute atomic E-state index is 0.144. The molecule has 5 aromatic rings. The van der Waals surface area contributed by atoms with E-state index in [1.54, 1.807) is 30.1 Å². The summed E-state index contributed by atoms with van der Waals surface area (Å²) < 4.78 is 24.2. The molecule has 0 saturated carbocycles. The molecule has 0 aliphatic carbocycles. The molecule has 0 aromatic heterocycles. The van der Waals surface area contributed by atoms with Gasteiger partial charge in [-0.2, -0.15) is 0 Å². The molecule has 53 heavy (non-hydrogen) atoms. The number of allylic oxidation sites excluding steroid dienone is 5. The topological polar surface area (TPSA) is 76.1 Å². The van der Waals surface area contributed by atoms with E-state index in [0.717, 1.165) is 39.1 Å². The monoisotopic (exact) mass is 709 g/mol. The number of cyclic esters (lactones) is 1. The molecule has 5 aromatic carbocycles. The molecular formula is C46H44FNO5. The number of halogens is 1. The molecule has 0 spiro atoms. The highest BCUT2D eigenvalue weighted by atomic mass is 19.1. The molecular weight excluding hydrogens is 666 g/mol. The molecule has 1 N–H and O–H groups in total. The van der Waals surface area contributed by atoms with Crippen LogP contribution in [0.1, 0.15) is 53.9 Å². The fourth-order valence-corrected chi connectivity index (χ4v) is 5.47. The van der Waals surface area contributed by atoms with Crippen LogP contribution in [0.2, 0.25) is 0 Å². The Kier molecular flexibility index (Phi) is 14.7. The van der Waals surface area contributed by atoms with Crippen LogP contribution >= 0.6 is 0 Å². The van der Waals surface area contributed by atoms with Crippen molar-refractivity contribution >= 4 is 23.1 Å². The van der Waals surface area contributed by atoms with Crippen molar-refractivity contribution in [3.05, 3.63) is 199 Å². The Morgan fingerprint density at radius 3 is 2.06 bits per heavy atom. The van der Waals surface area contributed by atoms with E-state index in [4.69, 9.17) is 9.47 Å². The summed E-state index contributed by atoms with van der Waals surface area (Å²) in [5, 5.41) is 10.1. The van der Waals surface area contributed by atoms with Crippen LogP contribution in [0.25, 0.3) is 16.7 Å². The van der Waals surface area contributed by atoms with Crippen molar-refractivity contribution in [1.82, 2.24) is 0 Å². The smallest absolute Gasteiger partial charge is 0.415 e. The zero-order chi connectivity index (χ0) is 38.2. The zero-order valence-electron chi connectivity index (χ0n) is 30.2. The fraction of sp³-hybridized carbons (Fsp3) is 0.130. The highest BCUT2D eigenvalue weighted by Crippen LogP contribution is 2.39. The molecule has 1 unspecified atom stereocenters. The summed E-state index contributed by atoms with van der Waals surface area (Å²) in [6.45, 7) is 13.6. The van der Waals surface area contributed by atoms with Crippen LogP contribution in [0.4, 0.5) is 14.9 Å². The first-order valence-corrected chi connectivity index (χ1v) is 17.4. The van der Waals surface area contributed by atoms with E-state index in [2.05, 4.69) is 25.3 Å². The summed E-state index contributed by atoms with van der Waals surface area (Å²) >= 11 is 0. The van der Waals surface area contributed by atoms with Crippen molar-refractivity contribution < 1.29 is 28.6 Å². The lowest BCUT2D eigenvalue weighted by molar-refractivity contribution is 0.104. The normalized spacial score (nSPS) is 13.8. The lowest BCUT2D eigenvalue weighted by atomic mass is 9.98. The molecule has 6 rings (SSSR count). The molecule has 1 amide bonds. The molecule has 270 valence electrons. The van der Waals surface area contributed by atoms with E-state index in [0.29, 0.717) is 17.9 Å². The highest BCUT2D eigenvalue weighted by molar-refractivity contribution is 6.04. The number of nitrogens with zero attached hydrogens (tertiary/aromatic N) is 1. The van der Waals surface area contributed by atoms with Crippen molar-refractivity contribution in [1.29, 1.82) is 0 Å². The van der Waals surface area contributed by atoms with Gasteiger partial charge in [0.05, 0.1) is 0 Å². The molecule has 6 nitrogen and oxygen atoms in total. The second-order valence-electron chi connectivity index (χ2n) is 11.5. The van der Waals surface area contributed by atoms with Crippen molar-refractivity contribution in [2.75, 3.05) is 11.5 Å². The Morgan fingerprint density at radius 2 is 1.45 bits per heavy atom. The molecule has 0 radical (unpaired) electrons. The van der Waals surface area contributed by atoms with Crippen LogP contribution < -0.4 is 9.64 Å². The van der Waals surface area contributed by atoms with Crippen LogP contribution in [0.15, 0.2) is 171 Å². The van der Waals surface area contributed by atoms with E-state index < -0.39 is 6.09 Å². The van der Waals surface area contributed by atoms with Crippen LogP contribution in [0, 0.1) is 5.82 Å². The summed E-state index contributed by atoms with van der Waals surface area (Å²) in [6, 6.07) is 38.7. The number of carbonyl (C=O) groups is 2. The third-order valence-corrected chi connectivity index (χ3v) is 8.20. The van der Waals surface area contributed by atoms with Crippen molar-refractivity contribution in [3.8, 4) is 16.9 Å². The Hall–Kier alpha value is -6.47. The first-order valence-electron chi connectivity index (χ1n) is 17.4. The van der Waals surface area contributed by atoms with Gasteiger partial charge in [-0.25, -0.2) is 9.18 Å². The molecule has 7 heteroatoms. The molecule has 1 saturated heterocycles. The number of rotatable bonds is 11. The lowest BCUT2D eigenvalue weighted by Gasteiger charge is -2.24. The van der Waals surface area contributed by atoms with Crippen LogP contribution in [-0.2, 0) is 11.3 Å². The molecule has 1 heterocycles. The van der Waals surface area contributed by atoms with E-state index >= 15 is 0 Å². The predicted molar refractivity (Wildman–Crippen MR) is 212 cm³/mol. The van der Waals surface area contributed by atoms with Crippen molar-refractivity contribution in [2.24, 2.45) is 0 Å². The quantitative estimate of drug-likeness (QED) is 0.0639. The second-order valence-corrected chi connectivity index (χ2v) is 11.5. The van der Waals surface area contributed by atoms with E-state index in [1.165, 1.54) is 30.3 Å². The van der Waals surface area contributed by atoms with Crippen molar-refractivity contribution in [3.63, 3.8) is 0 Å². The Labute approximate surface area is 311 Å². The molecule has 1 aliphatic heterocycles. The standard InChI is InChI=1S/C35H31NO4.C9H7FO.C2H6/c1-3-26(21-31(37)4-2)29-17-20-32(34(22-29)39-23-25-11-7-5-8-12-25)33-24-40-35(38)36(33)30-18-15-28(16-19-30)27-13-9-6-10-14-27;1-2-9(11)7-3-5-8(10)6-4-7;1-2/h3-22,33,37H,1,23-24H2,2H3;2-6H,1H2;1-2H3/b26-21+,31-4+;;. The van der Waals surface area contributed by atoms with Crippen molar-refractivity contribution in [2.45, 2.75) is 33.4 Å². The SMILES string of the molecule is C=C/C(=C\C(O)=C/C)c1ccc(C2COC(=O)N2c2ccc(-c3ccccc3)cc2)c(OCc2ccccc2)c1.C=CC(=O)c1ccc(F)cc1.CC. The minimum atomic E-state index is -0.403. The molecule has 1 atom stereocenters. The summed E-state index contributed by atoms with van der Waals surface area (Å²) in [5.41, 5.74) is 6.82. The number of hydrogen-bond acceptors (Lipinski definition) is 5. The van der Waals surface area contributed by atoms with Crippen LogP contribution in [0.5, 0.6) is 5.75 Å². The minimum Gasteiger partial charge on any atom is -0.508 e. The Bertz CT molecular complexity index is 2040. The third-order valence-electron chi connectivity index (χ3n) is 8.20. The first-order chi connectivity index (χ1) is 25.8. The van der Waals surface area contributed by atoms with E-state index in [1.807, 2.05) is 105 Å². The number of ether oxygens (including phenoxy) is 2. The van der Waals surface area contributed by atoms with Gasteiger partial charge in [0.25, 0.3) is 0 Å². The number of aliphatic hydroxyl groups is 1. The van der Waals surface area contributed by atoms with Gasteiger partial charge in [0.2, 0.25) is 0 Å². The highest BCUT2D eigenvalue weighted by Gasteiger charge is 2.37. The summed E-state index contributed by atoms with van der Waals surface area (Å²) in [6.07, 6.45) is 5.77. The number of amides is 1. The number of benzene rings is 5. The predicted octanol–water partition coefficient (Wildman–Crippen LogP) is 11.9. The maximum Gasteiger partial charge on any atom is 0.415 e. The van der Waals surface area contributed by atoms with E-state index in [9.17, 15) is 19.1 Å². The zero-order valence-corrected chi connectivity index (χ0v) is 30.2. The summed E-state index contributed by atoms with van der Waals surface area (Å²) in [4.78, 5) is 25.5. The van der Waals surface area contributed by atoms with Gasteiger partial charge in [0.15, 0.2) is 5.78 Å². The van der Waals surface area contributed by atoms with Crippen LogP contribution in [-0.4, -0.2) is 23.6 Å². The van der Waals surface area contributed by atoms with Gasteiger partial charge >= 0.3 is 6.09 Å². The summed E-state index contributed by atoms with van der Waals surface area (Å²) in [5.74, 6) is 0.240. The second kappa shape index (κ2) is 19.8. The van der Waals surface area contributed by atoms with Gasteiger partial charge in [0.1, 0.15) is 36.6 Å². The molecule has 1 fully saturated rings. The number of anilines is 1. The van der Waals surface area contributed by atoms with Gasteiger partial charge < -0.3 is 14.6 Å². The number of ketones is 1. The molecule has 0 bridgehead atoms. The van der Waals surface area contributed by atoms with Crippen LogP contribution in [0.3, 0.4) is 0 Å². The van der Waals surface area contributed by atoms with Gasteiger partial charge in [0, 0.05) is 16.8 Å². The van der Waals surface area contributed by atoms with Gasteiger partial charge in [-0.3, -0.25) is 9.69 Å². The average Bonchev–Trinajstić information content (AvgIpc) is 3.61. The number of carbonyl (C=O) groups excluding carboxylic acids is 2. The Morgan fingerprint density at radius 1 is 0.849 bits per heavy atom. The van der Waals surface area contributed by atoms with Gasteiger partial charge in [-0.15, -0.1) is 0 Å². The average molecular weight is 710 g/mol. The number of aliphatic hydroxyl groups excluding tert-OH is 1. The largest absolute Gasteiger partial charge is 0.508 e. The van der Waals surface area contributed by atoms with E-state index in [-0.39, 0.29) is 30.0 Å². The maximum absolute atomic E-state index is 13.0. The first kappa shape index (κ1) is 39.3. The Balaban J connectivity index is 0.000000411. The maximum atomic E-state index is 13.0. The third kappa shape index (κ3) is 10.5. The summed E-state index contributed by atoms with van der Waals surface area (Å²) in [7, 11) is 0. The fourth-order valence-electron chi connectivity index (χ4n) is 5.47. The van der Waals surface area contributed by atoms with Gasteiger partial charge in [-0.05, 0) is 95.4 Å². The molecule has 1 aliphatic rings. The lowest BCUT2D eigenvalue weighted by Crippen LogP contribution is -2.27. The van der Waals surface area contributed by atoms with Gasteiger partial charge in [-0.1, -0.05) is 118 Å².